The highest BCUT2D eigenvalue weighted by Crippen LogP contribution is 2.13. The number of rotatable bonds is 6. The second-order valence-electron chi connectivity index (χ2n) is 4.52. The SMILES string of the molecule is CCCC[C@H](NC(=O)N(C)c1ccc(F)cc1)C(=O)O. The van der Waals surface area contributed by atoms with Gasteiger partial charge in [0.05, 0.1) is 0 Å². The summed E-state index contributed by atoms with van der Waals surface area (Å²) in [6.45, 7) is 1.95. The Balaban J connectivity index is 2.68. The Morgan fingerprint density at radius 1 is 1.35 bits per heavy atom. The van der Waals surface area contributed by atoms with Crippen LogP contribution in [0, 0.1) is 5.82 Å². The van der Waals surface area contributed by atoms with E-state index in [4.69, 9.17) is 5.11 Å². The van der Waals surface area contributed by atoms with Crippen LogP contribution in [0.2, 0.25) is 0 Å². The van der Waals surface area contributed by atoms with E-state index >= 15 is 0 Å². The van der Waals surface area contributed by atoms with Crippen molar-refractivity contribution in [1.82, 2.24) is 5.32 Å². The van der Waals surface area contributed by atoms with Crippen molar-refractivity contribution in [1.29, 1.82) is 0 Å². The summed E-state index contributed by atoms with van der Waals surface area (Å²) in [4.78, 5) is 24.3. The largest absolute Gasteiger partial charge is 0.480 e. The summed E-state index contributed by atoms with van der Waals surface area (Å²) in [5, 5.41) is 11.5. The number of unbranched alkanes of at least 4 members (excludes halogenated alkanes) is 1. The van der Waals surface area contributed by atoms with Gasteiger partial charge in [0.15, 0.2) is 0 Å². The van der Waals surface area contributed by atoms with Gasteiger partial charge in [-0.2, -0.15) is 0 Å². The zero-order valence-electron chi connectivity index (χ0n) is 11.6. The van der Waals surface area contributed by atoms with Crippen molar-refractivity contribution in [3.63, 3.8) is 0 Å². The monoisotopic (exact) mass is 282 g/mol. The van der Waals surface area contributed by atoms with Crippen molar-refractivity contribution >= 4 is 17.7 Å². The molecule has 0 unspecified atom stereocenters. The summed E-state index contributed by atoms with van der Waals surface area (Å²) in [6, 6.07) is 3.95. The van der Waals surface area contributed by atoms with Crippen LogP contribution in [-0.4, -0.2) is 30.2 Å². The first-order chi connectivity index (χ1) is 9.45. The molecule has 1 aromatic rings. The van der Waals surface area contributed by atoms with Crippen molar-refractivity contribution in [3.05, 3.63) is 30.1 Å². The third-order valence-corrected chi connectivity index (χ3v) is 2.96. The Labute approximate surface area is 117 Å². The lowest BCUT2D eigenvalue weighted by Crippen LogP contribution is -2.46. The number of hydrogen-bond acceptors (Lipinski definition) is 2. The number of benzene rings is 1. The number of urea groups is 1. The van der Waals surface area contributed by atoms with E-state index < -0.39 is 23.9 Å². The predicted octanol–water partition coefficient (Wildman–Crippen LogP) is 2.61. The maximum atomic E-state index is 12.8. The first-order valence-corrected chi connectivity index (χ1v) is 6.48. The molecule has 0 aliphatic carbocycles. The van der Waals surface area contributed by atoms with Crippen LogP contribution in [0.5, 0.6) is 0 Å². The molecule has 0 fully saturated rings. The van der Waals surface area contributed by atoms with E-state index in [1.54, 1.807) is 0 Å². The molecule has 20 heavy (non-hydrogen) atoms. The smallest absolute Gasteiger partial charge is 0.326 e. The minimum Gasteiger partial charge on any atom is -0.480 e. The summed E-state index contributed by atoms with van der Waals surface area (Å²) >= 11 is 0. The van der Waals surface area contributed by atoms with E-state index in [1.165, 1.54) is 36.2 Å². The normalized spacial score (nSPS) is 11.8. The highest BCUT2D eigenvalue weighted by atomic mass is 19.1. The predicted molar refractivity (Wildman–Crippen MR) is 74.3 cm³/mol. The van der Waals surface area contributed by atoms with E-state index in [9.17, 15) is 14.0 Å². The van der Waals surface area contributed by atoms with Crippen LogP contribution in [0.3, 0.4) is 0 Å². The molecule has 0 saturated carbocycles. The Hall–Kier alpha value is -2.11. The summed E-state index contributed by atoms with van der Waals surface area (Å²) < 4.78 is 12.8. The minimum absolute atomic E-state index is 0.384. The highest BCUT2D eigenvalue weighted by molar-refractivity contribution is 5.93. The van der Waals surface area contributed by atoms with Gasteiger partial charge >= 0.3 is 12.0 Å². The van der Waals surface area contributed by atoms with Crippen molar-refractivity contribution in [3.8, 4) is 0 Å². The Bertz CT molecular complexity index is 462. The van der Waals surface area contributed by atoms with Crippen LogP contribution in [0.25, 0.3) is 0 Å². The number of aliphatic carboxylic acids is 1. The molecule has 0 radical (unpaired) electrons. The average molecular weight is 282 g/mol. The summed E-state index contributed by atoms with van der Waals surface area (Å²) in [6.07, 6.45) is 1.96. The molecule has 0 aliphatic rings. The number of halogens is 1. The number of carboxylic acid groups (broad SMARTS) is 1. The molecular formula is C14H19FN2O3. The van der Waals surface area contributed by atoms with Crippen molar-refractivity contribution in [2.75, 3.05) is 11.9 Å². The van der Waals surface area contributed by atoms with Crippen LogP contribution in [0.15, 0.2) is 24.3 Å². The number of anilines is 1. The average Bonchev–Trinajstić information content (AvgIpc) is 2.42. The molecule has 2 amide bonds. The molecule has 0 heterocycles. The number of hydrogen-bond donors (Lipinski definition) is 2. The fraction of sp³-hybridized carbons (Fsp3) is 0.429. The van der Waals surface area contributed by atoms with Gasteiger partial charge in [-0.05, 0) is 30.7 Å². The van der Waals surface area contributed by atoms with Gasteiger partial charge in [0.25, 0.3) is 0 Å². The molecule has 0 bridgehead atoms. The number of amides is 2. The van der Waals surface area contributed by atoms with Crippen LogP contribution >= 0.6 is 0 Å². The summed E-state index contributed by atoms with van der Waals surface area (Å²) in [7, 11) is 1.50. The van der Waals surface area contributed by atoms with Gasteiger partial charge in [0, 0.05) is 12.7 Å². The number of nitrogens with zero attached hydrogens (tertiary/aromatic N) is 1. The maximum Gasteiger partial charge on any atom is 0.326 e. The molecule has 0 saturated heterocycles. The van der Waals surface area contributed by atoms with Crippen LogP contribution < -0.4 is 10.2 Å². The number of nitrogens with one attached hydrogen (secondary N) is 1. The number of carboxylic acids is 1. The van der Waals surface area contributed by atoms with Crippen molar-refractivity contribution < 1.29 is 19.1 Å². The van der Waals surface area contributed by atoms with Gasteiger partial charge in [-0.3, -0.25) is 4.90 Å². The number of carbonyl (C=O) groups excluding carboxylic acids is 1. The van der Waals surface area contributed by atoms with Crippen molar-refractivity contribution in [2.24, 2.45) is 0 Å². The molecule has 0 aliphatic heterocycles. The molecule has 0 aromatic heterocycles. The zero-order chi connectivity index (χ0) is 15.1. The fourth-order valence-electron chi connectivity index (χ4n) is 1.69. The maximum absolute atomic E-state index is 12.8. The van der Waals surface area contributed by atoms with Crippen LogP contribution in [0.1, 0.15) is 26.2 Å². The fourth-order valence-corrected chi connectivity index (χ4v) is 1.69. The molecule has 0 spiro atoms. The van der Waals surface area contributed by atoms with E-state index in [0.29, 0.717) is 12.1 Å². The van der Waals surface area contributed by atoms with Gasteiger partial charge in [-0.25, -0.2) is 14.0 Å². The third kappa shape index (κ3) is 4.53. The molecule has 2 N–H and O–H groups in total. The lowest BCUT2D eigenvalue weighted by Gasteiger charge is -2.21. The highest BCUT2D eigenvalue weighted by Gasteiger charge is 2.21. The van der Waals surface area contributed by atoms with Gasteiger partial charge in [-0.15, -0.1) is 0 Å². The van der Waals surface area contributed by atoms with E-state index in [1.807, 2.05) is 6.92 Å². The van der Waals surface area contributed by atoms with Crippen molar-refractivity contribution in [2.45, 2.75) is 32.2 Å². The molecule has 1 atom stereocenters. The van der Waals surface area contributed by atoms with Gasteiger partial charge < -0.3 is 10.4 Å². The summed E-state index contributed by atoms with van der Waals surface area (Å²) in [5.74, 6) is -1.45. The van der Waals surface area contributed by atoms with Gasteiger partial charge in [0.2, 0.25) is 0 Å². The molecule has 1 aromatic carbocycles. The Morgan fingerprint density at radius 3 is 2.45 bits per heavy atom. The molecular weight excluding hydrogens is 263 g/mol. The molecule has 5 nitrogen and oxygen atoms in total. The van der Waals surface area contributed by atoms with Crippen LogP contribution in [0.4, 0.5) is 14.9 Å². The van der Waals surface area contributed by atoms with Gasteiger partial charge in [-0.1, -0.05) is 19.8 Å². The van der Waals surface area contributed by atoms with Gasteiger partial charge in [0.1, 0.15) is 11.9 Å². The lowest BCUT2D eigenvalue weighted by atomic mass is 10.1. The number of carbonyl (C=O) groups is 2. The second-order valence-corrected chi connectivity index (χ2v) is 4.52. The Morgan fingerprint density at radius 2 is 1.95 bits per heavy atom. The van der Waals surface area contributed by atoms with E-state index in [-0.39, 0.29) is 0 Å². The van der Waals surface area contributed by atoms with E-state index in [0.717, 1.165) is 12.8 Å². The topological polar surface area (TPSA) is 69.6 Å². The quantitative estimate of drug-likeness (QED) is 0.842. The molecule has 6 heteroatoms. The third-order valence-electron chi connectivity index (χ3n) is 2.96. The first-order valence-electron chi connectivity index (χ1n) is 6.48. The van der Waals surface area contributed by atoms with Crippen LogP contribution in [-0.2, 0) is 4.79 Å². The van der Waals surface area contributed by atoms with E-state index in [2.05, 4.69) is 5.32 Å². The summed E-state index contributed by atoms with van der Waals surface area (Å²) in [5.41, 5.74) is 0.489. The zero-order valence-corrected chi connectivity index (χ0v) is 11.6. The lowest BCUT2D eigenvalue weighted by molar-refractivity contribution is -0.139. The molecule has 1 rings (SSSR count). The standard InChI is InChI=1S/C14H19FN2O3/c1-3-4-5-12(13(18)19)16-14(20)17(2)11-8-6-10(15)7-9-11/h6-9,12H,3-5H2,1-2H3,(H,16,20)(H,18,19)/t12-/m0/s1. The second kappa shape index (κ2) is 7.47. The minimum atomic E-state index is -1.06. The molecule has 110 valence electrons. The Kier molecular flexibility index (Phi) is 5.96. The first kappa shape index (κ1) is 15.9.